The van der Waals surface area contributed by atoms with Gasteiger partial charge in [-0.2, -0.15) is 0 Å². The smallest absolute Gasteiger partial charge is 0.268 e. The molecule has 2 aliphatic rings. The molecule has 2 aromatic heterocycles. The Labute approximate surface area is 129 Å². The van der Waals surface area contributed by atoms with Crippen molar-refractivity contribution >= 4 is 5.91 Å². The molecule has 0 unspecified atom stereocenters. The third-order valence-corrected chi connectivity index (χ3v) is 4.93. The van der Waals surface area contributed by atoms with E-state index in [1.54, 1.807) is 6.20 Å². The van der Waals surface area contributed by atoms with E-state index >= 15 is 0 Å². The normalized spacial score (nSPS) is 26.3. The lowest BCUT2D eigenvalue weighted by Crippen LogP contribution is -2.43. The standard InChI is InChI=1S/C17H20N4O/c1-21-15(11-3-2-8-18-10-11)6-7-16(21)17(22)20-14-9-12-4-5-13(14)19-12/h2-3,6-8,10,12-14,19H,4-5,9H2,1H3,(H,20,22)/t12-,13+,14-/m1/s1. The number of pyridine rings is 1. The predicted molar refractivity (Wildman–Crippen MR) is 84.5 cm³/mol. The first kappa shape index (κ1) is 13.5. The third-order valence-electron chi connectivity index (χ3n) is 4.93. The van der Waals surface area contributed by atoms with Gasteiger partial charge in [-0.25, -0.2) is 0 Å². The van der Waals surface area contributed by atoms with Crippen LogP contribution in [-0.2, 0) is 7.05 Å². The second-order valence-corrected chi connectivity index (χ2v) is 6.27. The number of hydrogen-bond donors (Lipinski definition) is 2. The van der Waals surface area contributed by atoms with Crippen molar-refractivity contribution in [3.05, 3.63) is 42.4 Å². The highest BCUT2D eigenvalue weighted by Gasteiger charge is 2.39. The number of nitrogens with zero attached hydrogens (tertiary/aromatic N) is 2. The highest BCUT2D eigenvalue weighted by atomic mass is 16.2. The van der Waals surface area contributed by atoms with Crippen LogP contribution >= 0.6 is 0 Å². The summed E-state index contributed by atoms with van der Waals surface area (Å²) in [5.41, 5.74) is 2.72. The van der Waals surface area contributed by atoms with Crippen molar-refractivity contribution < 1.29 is 4.79 Å². The molecule has 0 spiro atoms. The first-order chi connectivity index (χ1) is 10.7. The second kappa shape index (κ2) is 5.25. The van der Waals surface area contributed by atoms with Gasteiger partial charge in [0.15, 0.2) is 0 Å². The average molecular weight is 296 g/mol. The zero-order chi connectivity index (χ0) is 15.1. The fourth-order valence-electron chi connectivity index (χ4n) is 3.77. The molecular formula is C17H20N4O. The molecule has 5 heteroatoms. The van der Waals surface area contributed by atoms with E-state index in [9.17, 15) is 4.79 Å². The summed E-state index contributed by atoms with van der Waals surface area (Å²) in [4.78, 5) is 16.7. The molecule has 22 heavy (non-hydrogen) atoms. The largest absolute Gasteiger partial charge is 0.346 e. The van der Waals surface area contributed by atoms with E-state index in [0.717, 1.165) is 17.7 Å². The molecule has 0 saturated carbocycles. The zero-order valence-electron chi connectivity index (χ0n) is 12.6. The topological polar surface area (TPSA) is 59.0 Å². The minimum Gasteiger partial charge on any atom is -0.346 e. The number of amides is 1. The molecule has 2 N–H and O–H groups in total. The van der Waals surface area contributed by atoms with Crippen LogP contribution in [0.5, 0.6) is 0 Å². The van der Waals surface area contributed by atoms with Crippen molar-refractivity contribution in [1.82, 2.24) is 20.2 Å². The molecule has 4 heterocycles. The van der Waals surface area contributed by atoms with Gasteiger partial charge < -0.3 is 15.2 Å². The average Bonchev–Trinajstić information content (AvgIpc) is 3.23. The lowest BCUT2D eigenvalue weighted by atomic mass is 9.95. The van der Waals surface area contributed by atoms with Gasteiger partial charge in [0.05, 0.1) is 0 Å². The highest BCUT2D eigenvalue weighted by molar-refractivity contribution is 5.94. The molecule has 0 aliphatic carbocycles. The summed E-state index contributed by atoms with van der Waals surface area (Å²) in [7, 11) is 1.93. The van der Waals surface area contributed by atoms with Gasteiger partial charge in [0.25, 0.3) is 5.91 Å². The van der Waals surface area contributed by atoms with E-state index in [0.29, 0.717) is 17.8 Å². The lowest BCUT2D eigenvalue weighted by molar-refractivity contribution is 0.0923. The first-order valence-corrected chi connectivity index (χ1v) is 7.85. The van der Waals surface area contributed by atoms with E-state index in [-0.39, 0.29) is 11.9 Å². The summed E-state index contributed by atoms with van der Waals surface area (Å²) < 4.78 is 1.94. The molecule has 2 bridgehead atoms. The number of nitrogens with one attached hydrogen (secondary N) is 2. The van der Waals surface area contributed by atoms with Gasteiger partial charge in [-0.3, -0.25) is 9.78 Å². The molecule has 5 nitrogen and oxygen atoms in total. The van der Waals surface area contributed by atoms with Crippen molar-refractivity contribution in [2.75, 3.05) is 0 Å². The summed E-state index contributed by atoms with van der Waals surface area (Å²) >= 11 is 0. The van der Waals surface area contributed by atoms with Gasteiger partial charge in [-0.15, -0.1) is 0 Å². The second-order valence-electron chi connectivity index (χ2n) is 6.27. The summed E-state index contributed by atoms with van der Waals surface area (Å²) in [6.07, 6.45) is 7.03. The van der Waals surface area contributed by atoms with Crippen LogP contribution in [0.1, 0.15) is 29.8 Å². The van der Waals surface area contributed by atoms with Crippen LogP contribution in [0.4, 0.5) is 0 Å². The van der Waals surface area contributed by atoms with Crippen LogP contribution in [0.25, 0.3) is 11.3 Å². The van der Waals surface area contributed by atoms with Crippen molar-refractivity contribution in [3.8, 4) is 11.3 Å². The Morgan fingerprint density at radius 1 is 1.36 bits per heavy atom. The number of fused-ring (bicyclic) bond motifs is 2. The summed E-state index contributed by atoms with van der Waals surface area (Å²) in [5, 5.41) is 6.74. The lowest BCUT2D eigenvalue weighted by Gasteiger charge is -2.21. The van der Waals surface area contributed by atoms with Gasteiger partial charge in [0.2, 0.25) is 0 Å². The van der Waals surface area contributed by atoms with Crippen molar-refractivity contribution in [2.24, 2.45) is 7.05 Å². The maximum atomic E-state index is 12.6. The van der Waals surface area contributed by atoms with Crippen LogP contribution in [0.15, 0.2) is 36.7 Å². The van der Waals surface area contributed by atoms with Crippen molar-refractivity contribution in [1.29, 1.82) is 0 Å². The van der Waals surface area contributed by atoms with Gasteiger partial charge in [0.1, 0.15) is 5.69 Å². The quantitative estimate of drug-likeness (QED) is 0.906. The Balaban J connectivity index is 1.53. The maximum absolute atomic E-state index is 12.6. The predicted octanol–water partition coefficient (Wildman–Crippen LogP) is 1.71. The van der Waals surface area contributed by atoms with E-state index in [1.165, 1.54) is 12.8 Å². The minimum absolute atomic E-state index is 0.0111. The molecule has 114 valence electrons. The van der Waals surface area contributed by atoms with Gasteiger partial charge in [0, 0.05) is 48.8 Å². The molecule has 1 amide bonds. The van der Waals surface area contributed by atoms with E-state index in [1.807, 2.05) is 42.1 Å². The van der Waals surface area contributed by atoms with Crippen molar-refractivity contribution in [3.63, 3.8) is 0 Å². The minimum atomic E-state index is 0.0111. The molecule has 3 atom stereocenters. The van der Waals surface area contributed by atoms with Crippen LogP contribution in [0, 0.1) is 0 Å². The Hall–Kier alpha value is -2.14. The molecule has 2 aromatic rings. The molecule has 0 aromatic carbocycles. The number of carbonyl (C=O) groups excluding carboxylic acids is 1. The summed E-state index contributed by atoms with van der Waals surface area (Å²) in [6, 6.07) is 9.08. The Bertz CT molecular complexity index is 694. The summed E-state index contributed by atoms with van der Waals surface area (Å²) in [5.74, 6) is 0.0111. The Morgan fingerprint density at radius 2 is 2.27 bits per heavy atom. The van der Waals surface area contributed by atoms with Crippen LogP contribution in [0.2, 0.25) is 0 Å². The van der Waals surface area contributed by atoms with Crippen LogP contribution < -0.4 is 10.6 Å². The van der Waals surface area contributed by atoms with Gasteiger partial charge in [-0.1, -0.05) is 0 Å². The van der Waals surface area contributed by atoms with E-state index < -0.39 is 0 Å². The van der Waals surface area contributed by atoms with Crippen molar-refractivity contribution in [2.45, 2.75) is 37.4 Å². The zero-order valence-corrected chi connectivity index (χ0v) is 12.6. The Morgan fingerprint density at radius 3 is 2.95 bits per heavy atom. The maximum Gasteiger partial charge on any atom is 0.268 e. The summed E-state index contributed by atoms with van der Waals surface area (Å²) in [6.45, 7) is 0. The number of aromatic nitrogens is 2. The molecule has 0 radical (unpaired) electrons. The first-order valence-electron chi connectivity index (χ1n) is 7.85. The van der Waals surface area contributed by atoms with E-state index in [2.05, 4.69) is 15.6 Å². The third kappa shape index (κ3) is 2.22. The van der Waals surface area contributed by atoms with Gasteiger partial charge >= 0.3 is 0 Å². The molecule has 2 saturated heterocycles. The highest BCUT2D eigenvalue weighted by Crippen LogP contribution is 2.28. The number of hydrogen-bond acceptors (Lipinski definition) is 3. The van der Waals surface area contributed by atoms with E-state index in [4.69, 9.17) is 0 Å². The molecule has 4 rings (SSSR count). The van der Waals surface area contributed by atoms with Crippen LogP contribution in [0.3, 0.4) is 0 Å². The van der Waals surface area contributed by atoms with Gasteiger partial charge in [-0.05, 0) is 43.5 Å². The fourth-order valence-corrected chi connectivity index (χ4v) is 3.77. The SMILES string of the molecule is Cn1c(C(=O)N[C@@H]2C[C@H]3CC[C@@H]2N3)ccc1-c1cccnc1. The number of rotatable bonds is 3. The fraction of sp³-hybridized carbons (Fsp3) is 0.412. The molecular weight excluding hydrogens is 276 g/mol. The molecule has 2 aliphatic heterocycles. The monoisotopic (exact) mass is 296 g/mol. The number of carbonyl (C=O) groups is 1. The molecule has 2 fully saturated rings. The Kier molecular flexibility index (Phi) is 3.22. The van der Waals surface area contributed by atoms with Crippen LogP contribution in [-0.4, -0.2) is 33.6 Å².